The first kappa shape index (κ1) is 18.2. The lowest BCUT2D eigenvalue weighted by Gasteiger charge is -2.43. The Labute approximate surface area is 140 Å². The number of rotatable bonds is 4. The van der Waals surface area contributed by atoms with Gasteiger partial charge in [-0.1, -0.05) is 26.7 Å². The molecule has 1 atom stereocenters. The van der Waals surface area contributed by atoms with Crippen molar-refractivity contribution in [3.63, 3.8) is 0 Å². The van der Waals surface area contributed by atoms with Crippen molar-refractivity contribution in [3.05, 3.63) is 0 Å². The number of nitrogens with one attached hydrogen (secondary N) is 1. The third-order valence-corrected chi connectivity index (χ3v) is 5.69. The third-order valence-electron chi connectivity index (χ3n) is 5.69. The number of carbonyl (C=O) groups excluding carboxylic acids is 2. The zero-order valence-corrected chi connectivity index (χ0v) is 15.1. The molecule has 0 bridgehead atoms. The van der Waals surface area contributed by atoms with E-state index in [1.165, 1.54) is 6.42 Å². The Hall–Kier alpha value is -1.10. The highest BCUT2D eigenvalue weighted by Crippen LogP contribution is 2.41. The van der Waals surface area contributed by atoms with E-state index < -0.39 is 5.54 Å². The lowest BCUT2D eigenvalue weighted by Crippen LogP contribution is -2.62. The Morgan fingerprint density at radius 3 is 2.39 bits per heavy atom. The molecule has 1 saturated carbocycles. The van der Waals surface area contributed by atoms with Crippen molar-refractivity contribution in [3.8, 4) is 0 Å². The fourth-order valence-electron chi connectivity index (χ4n) is 3.95. The van der Waals surface area contributed by atoms with Crippen molar-refractivity contribution in [2.75, 3.05) is 26.7 Å². The summed E-state index contributed by atoms with van der Waals surface area (Å²) >= 11 is 0. The molecule has 0 aromatic carbocycles. The predicted octanol–water partition coefficient (Wildman–Crippen LogP) is 2.35. The van der Waals surface area contributed by atoms with Crippen molar-refractivity contribution in [2.24, 2.45) is 11.3 Å². The van der Waals surface area contributed by atoms with E-state index in [4.69, 9.17) is 4.74 Å². The average molecular weight is 324 g/mol. The van der Waals surface area contributed by atoms with Crippen LogP contribution in [0.25, 0.3) is 0 Å². The molecule has 2 aliphatic rings. The monoisotopic (exact) mass is 324 g/mol. The molecular weight excluding hydrogens is 292 g/mol. The van der Waals surface area contributed by atoms with Gasteiger partial charge in [0.05, 0.1) is 6.61 Å². The summed E-state index contributed by atoms with van der Waals surface area (Å²) in [5, 5.41) is 3.12. The van der Waals surface area contributed by atoms with Crippen LogP contribution in [0.3, 0.4) is 0 Å². The molecule has 2 rings (SSSR count). The Morgan fingerprint density at radius 1 is 1.17 bits per heavy atom. The minimum Gasteiger partial charge on any atom is -0.464 e. The van der Waals surface area contributed by atoms with Gasteiger partial charge in [-0.3, -0.25) is 4.79 Å². The Bertz CT molecular complexity index is 440. The zero-order valence-electron chi connectivity index (χ0n) is 15.1. The number of piperidine rings is 1. The predicted molar refractivity (Wildman–Crippen MR) is 90.0 cm³/mol. The maximum atomic E-state index is 12.9. The van der Waals surface area contributed by atoms with Gasteiger partial charge in [-0.2, -0.15) is 0 Å². The number of nitrogens with zero attached hydrogens (tertiary/aromatic N) is 1. The normalized spacial score (nSPS) is 27.2. The number of ether oxygens (including phenoxy) is 1. The molecule has 1 heterocycles. The Balaban J connectivity index is 2.13. The van der Waals surface area contributed by atoms with E-state index in [-0.39, 0.29) is 23.2 Å². The van der Waals surface area contributed by atoms with Gasteiger partial charge in [0.15, 0.2) is 0 Å². The van der Waals surface area contributed by atoms with E-state index in [0.29, 0.717) is 19.4 Å². The van der Waals surface area contributed by atoms with Crippen LogP contribution in [0.15, 0.2) is 0 Å². The molecule has 132 valence electrons. The molecule has 2 fully saturated rings. The fraction of sp³-hybridized carbons (Fsp3) is 0.889. The number of likely N-dealkylation sites (tertiary alicyclic amines) is 1. The molecule has 1 saturated heterocycles. The van der Waals surface area contributed by atoms with Crippen molar-refractivity contribution in [2.45, 2.75) is 64.8 Å². The van der Waals surface area contributed by atoms with Gasteiger partial charge < -0.3 is 15.0 Å². The summed E-state index contributed by atoms with van der Waals surface area (Å²) in [7, 11) is 2.04. The first-order valence-electron chi connectivity index (χ1n) is 8.98. The molecule has 1 amide bonds. The van der Waals surface area contributed by atoms with Crippen molar-refractivity contribution >= 4 is 11.9 Å². The van der Waals surface area contributed by atoms with Crippen molar-refractivity contribution in [1.29, 1.82) is 0 Å². The van der Waals surface area contributed by atoms with Gasteiger partial charge >= 0.3 is 5.97 Å². The van der Waals surface area contributed by atoms with Crippen LogP contribution in [-0.4, -0.2) is 49.1 Å². The molecule has 5 heteroatoms. The molecule has 1 aliphatic heterocycles. The highest BCUT2D eigenvalue weighted by molar-refractivity contribution is 5.89. The fourth-order valence-corrected chi connectivity index (χ4v) is 3.95. The van der Waals surface area contributed by atoms with Crippen LogP contribution in [0, 0.1) is 11.3 Å². The molecule has 1 unspecified atom stereocenters. The number of hydrogen-bond acceptors (Lipinski definition) is 4. The van der Waals surface area contributed by atoms with E-state index in [1.807, 2.05) is 14.0 Å². The second kappa shape index (κ2) is 7.20. The summed E-state index contributed by atoms with van der Waals surface area (Å²) in [6.07, 6.45) is 5.52. The first-order valence-corrected chi connectivity index (χ1v) is 8.98. The van der Waals surface area contributed by atoms with Crippen LogP contribution in [0.2, 0.25) is 0 Å². The quantitative estimate of drug-likeness (QED) is 0.807. The number of esters is 1. The minimum atomic E-state index is -0.840. The largest absolute Gasteiger partial charge is 0.464 e. The van der Waals surface area contributed by atoms with Crippen LogP contribution in [-0.2, 0) is 14.3 Å². The number of amides is 1. The van der Waals surface area contributed by atoms with Crippen LogP contribution < -0.4 is 5.32 Å². The standard InChI is InChI=1S/C18H32N2O3/c1-5-23-16(22)18(10-12-20(4)13-11-18)19-15(21)14-8-6-7-9-17(14,2)3/h14H,5-13H2,1-4H3,(H,19,21). The molecule has 1 N–H and O–H groups in total. The second-order valence-corrected chi connectivity index (χ2v) is 7.88. The van der Waals surface area contributed by atoms with Gasteiger partial charge in [0.1, 0.15) is 5.54 Å². The molecule has 0 aromatic heterocycles. The first-order chi connectivity index (χ1) is 10.8. The second-order valence-electron chi connectivity index (χ2n) is 7.88. The molecular formula is C18H32N2O3. The third kappa shape index (κ3) is 4.06. The highest BCUT2D eigenvalue weighted by Gasteiger charge is 2.46. The number of carbonyl (C=O) groups is 2. The Morgan fingerprint density at radius 2 is 1.83 bits per heavy atom. The minimum absolute atomic E-state index is 0.00361. The molecule has 1 aliphatic carbocycles. The lowest BCUT2D eigenvalue weighted by molar-refractivity contribution is -0.157. The van der Waals surface area contributed by atoms with E-state index in [0.717, 1.165) is 32.4 Å². The Kier molecular flexibility index (Phi) is 5.71. The van der Waals surface area contributed by atoms with Gasteiger partial charge in [0, 0.05) is 19.0 Å². The van der Waals surface area contributed by atoms with Gasteiger partial charge in [0.25, 0.3) is 0 Å². The smallest absolute Gasteiger partial charge is 0.331 e. The highest BCUT2D eigenvalue weighted by atomic mass is 16.5. The van der Waals surface area contributed by atoms with Crippen LogP contribution >= 0.6 is 0 Å². The van der Waals surface area contributed by atoms with E-state index in [1.54, 1.807) is 0 Å². The van der Waals surface area contributed by atoms with Gasteiger partial charge in [-0.05, 0) is 45.1 Å². The molecule has 23 heavy (non-hydrogen) atoms. The van der Waals surface area contributed by atoms with E-state index in [9.17, 15) is 9.59 Å². The topological polar surface area (TPSA) is 58.6 Å². The van der Waals surface area contributed by atoms with Crippen molar-refractivity contribution in [1.82, 2.24) is 10.2 Å². The lowest BCUT2D eigenvalue weighted by atomic mass is 9.68. The number of hydrogen-bond donors (Lipinski definition) is 1. The van der Waals surface area contributed by atoms with Crippen LogP contribution in [0.5, 0.6) is 0 Å². The SMILES string of the molecule is CCOC(=O)C1(NC(=O)C2CCCCC2(C)C)CCN(C)CC1. The summed E-state index contributed by atoms with van der Waals surface area (Å²) in [4.78, 5) is 27.7. The summed E-state index contributed by atoms with van der Waals surface area (Å²) in [6, 6.07) is 0. The molecule has 0 radical (unpaired) electrons. The zero-order chi connectivity index (χ0) is 17.1. The van der Waals surface area contributed by atoms with E-state index in [2.05, 4.69) is 24.1 Å². The summed E-state index contributed by atoms with van der Waals surface area (Å²) < 4.78 is 5.29. The van der Waals surface area contributed by atoms with Gasteiger partial charge in [-0.15, -0.1) is 0 Å². The average Bonchev–Trinajstić information content (AvgIpc) is 2.49. The molecule has 0 spiro atoms. The maximum Gasteiger partial charge on any atom is 0.331 e. The summed E-state index contributed by atoms with van der Waals surface area (Å²) in [5.41, 5.74) is -0.837. The van der Waals surface area contributed by atoms with E-state index >= 15 is 0 Å². The molecule has 5 nitrogen and oxygen atoms in total. The summed E-state index contributed by atoms with van der Waals surface area (Å²) in [6.45, 7) is 8.10. The van der Waals surface area contributed by atoms with Crippen LogP contribution in [0.1, 0.15) is 59.3 Å². The van der Waals surface area contributed by atoms with Gasteiger partial charge in [-0.25, -0.2) is 4.79 Å². The maximum absolute atomic E-state index is 12.9. The molecule has 0 aromatic rings. The summed E-state index contributed by atoms with van der Waals surface area (Å²) in [5.74, 6) is -0.246. The van der Waals surface area contributed by atoms with Crippen molar-refractivity contribution < 1.29 is 14.3 Å². The van der Waals surface area contributed by atoms with Gasteiger partial charge in [0.2, 0.25) is 5.91 Å². The van der Waals surface area contributed by atoms with Crippen LogP contribution in [0.4, 0.5) is 0 Å².